The minimum absolute atomic E-state index is 0.0409. The Morgan fingerprint density at radius 3 is 2.56 bits per heavy atom. The third kappa shape index (κ3) is 3.38. The van der Waals surface area contributed by atoms with Crippen molar-refractivity contribution in [2.45, 2.75) is 32.6 Å². The van der Waals surface area contributed by atoms with Gasteiger partial charge in [-0.15, -0.1) is 0 Å². The van der Waals surface area contributed by atoms with Crippen LogP contribution in [0.4, 0.5) is 0 Å². The van der Waals surface area contributed by atoms with Gasteiger partial charge in [-0.2, -0.15) is 0 Å². The van der Waals surface area contributed by atoms with E-state index in [2.05, 4.69) is 19.9 Å². The molecule has 1 aliphatic rings. The van der Waals surface area contributed by atoms with Gasteiger partial charge >= 0.3 is 5.97 Å². The number of aromatic hydroxyl groups is 1. The van der Waals surface area contributed by atoms with Crippen molar-refractivity contribution in [3.05, 3.63) is 58.7 Å². The Balaban J connectivity index is 1.97. The summed E-state index contributed by atoms with van der Waals surface area (Å²) in [6.45, 7) is 7.14. The van der Waals surface area contributed by atoms with Gasteiger partial charge < -0.3 is 14.9 Å². The van der Waals surface area contributed by atoms with E-state index in [1.54, 1.807) is 6.07 Å². The van der Waals surface area contributed by atoms with Gasteiger partial charge in [0.05, 0.1) is 12.2 Å². The van der Waals surface area contributed by atoms with Crippen molar-refractivity contribution >= 4 is 17.6 Å². The van der Waals surface area contributed by atoms with Gasteiger partial charge in [0, 0.05) is 11.1 Å². The fourth-order valence-electron chi connectivity index (χ4n) is 3.10. The van der Waals surface area contributed by atoms with Crippen LogP contribution >= 0.6 is 0 Å². The predicted octanol–water partition coefficient (Wildman–Crippen LogP) is 4.71. The van der Waals surface area contributed by atoms with E-state index in [0.717, 1.165) is 29.9 Å². The standard InChI is InChI=1S/C21H22O4/c1-13(10-15-4-5-16(20(23)24)12-18(15)22)14-6-7-19-17(11-14)21(2,3)8-9-25-19/h4-7,10-12,22H,8-9H2,1-3H3,(H,23,24)/b13-10+. The van der Waals surface area contributed by atoms with Crippen LogP contribution in [0, 0.1) is 0 Å². The Kier molecular flexibility index (Phi) is 4.29. The van der Waals surface area contributed by atoms with E-state index in [1.165, 1.54) is 17.7 Å². The Hall–Kier alpha value is -2.75. The van der Waals surface area contributed by atoms with Crippen LogP contribution in [0.25, 0.3) is 11.6 Å². The average Bonchev–Trinajstić information content (AvgIpc) is 2.56. The first-order valence-electron chi connectivity index (χ1n) is 8.30. The van der Waals surface area contributed by atoms with Crippen LogP contribution in [0.15, 0.2) is 36.4 Å². The normalized spacial score (nSPS) is 16.0. The second kappa shape index (κ2) is 6.28. The quantitative estimate of drug-likeness (QED) is 0.795. The van der Waals surface area contributed by atoms with E-state index in [0.29, 0.717) is 5.56 Å². The first kappa shape index (κ1) is 17.1. The minimum Gasteiger partial charge on any atom is -0.507 e. The molecule has 0 atom stereocenters. The molecule has 0 spiro atoms. The molecule has 0 radical (unpaired) electrons. The second-order valence-electron chi connectivity index (χ2n) is 7.10. The molecule has 0 aromatic heterocycles. The molecule has 0 saturated heterocycles. The molecule has 4 heteroatoms. The van der Waals surface area contributed by atoms with E-state index in [4.69, 9.17) is 9.84 Å². The van der Waals surface area contributed by atoms with Crippen molar-refractivity contribution in [3.8, 4) is 11.5 Å². The van der Waals surface area contributed by atoms with Gasteiger partial charge in [-0.1, -0.05) is 26.0 Å². The number of phenolic OH excluding ortho intramolecular Hbond substituents is 1. The van der Waals surface area contributed by atoms with E-state index >= 15 is 0 Å². The average molecular weight is 338 g/mol. The molecular formula is C21H22O4. The summed E-state index contributed by atoms with van der Waals surface area (Å²) in [6, 6.07) is 10.5. The van der Waals surface area contributed by atoms with Crippen molar-refractivity contribution in [2.75, 3.05) is 6.61 Å². The maximum absolute atomic E-state index is 11.0. The van der Waals surface area contributed by atoms with Crippen molar-refractivity contribution in [2.24, 2.45) is 0 Å². The molecule has 25 heavy (non-hydrogen) atoms. The summed E-state index contributed by atoms with van der Waals surface area (Å²) >= 11 is 0. The van der Waals surface area contributed by atoms with Gasteiger partial charge in [-0.25, -0.2) is 4.79 Å². The lowest BCUT2D eigenvalue weighted by Crippen LogP contribution is -2.26. The summed E-state index contributed by atoms with van der Waals surface area (Å²) in [5, 5.41) is 19.1. The van der Waals surface area contributed by atoms with Crippen LogP contribution in [-0.2, 0) is 5.41 Å². The van der Waals surface area contributed by atoms with E-state index in [-0.39, 0.29) is 16.7 Å². The highest BCUT2D eigenvalue weighted by molar-refractivity contribution is 5.90. The summed E-state index contributed by atoms with van der Waals surface area (Å²) < 4.78 is 5.75. The lowest BCUT2D eigenvalue weighted by molar-refractivity contribution is 0.0696. The number of ether oxygens (including phenoxy) is 1. The lowest BCUT2D eigenvalue weighted by atomic mass is 9.79. The van der Waals surface area contributed by atoms with Gasteiger partial charge in [0.15, 0.2) is 0 Å². The van der Waals surface area contributed by atoms with Crippen molar-refractivity contribution < 1.29 is 19.7 Å². The highest BCUT2D eigenvalue weighted by Gasteiger charge is 2.28. The van der Waals surface area contributed by atoms with E-state index in [9.17, 15) is 9.90 Å². The first-order valence-corrected chi connectivity index (χ1v) is 8.30. The third-order valence-corrected chi connectivity index (χ3v) is 4.80. The van der Waals surface area contributed by atoms with Crippen LogP contribution in [0.2, 0.25) is 0 Å². The molecule has 2 N–H and O–H groups in total. The maximum atomic E-state index is 11.0. The molecule has 130 valence electrons. The number of carbonyl (C=O) groups is 1. The third-order valence-electron chi connectivity index (χ3n) is 4.80. The van der Waals surface area contributed by atoms with Gasteiger partial charge in [0.1, 0.15) is 11.5 Å². The molecule has 0 bridgehead atoms. The number of hydrogen-bond acceptors (Lipinski definition) is 3. The van der Waals surface area contributed by atoms with Gasteiger partial charge in [0.25, 0.3) is 0 Å². The number of aromatic carboxylic acids is 1. The van der Waals surface area contributed by atoms with Crippen molar-refractivity contribution in [3.63, 3.8) is 0 Å². The molecule has 0 fully saturated rings. The van der Waals surface area contributed by atoms with Gasteiger partial charge in [-0.3, -0.25) is 0 Å². The molecule has 0 aliphatic carbocycles. The number of benzene rings is 2. The zero-order valence-electron chi connectivity index (χ0n) is 14.7. The highest BCUT2D eigenvalue weighted by atomic mass is 16.5. The fourth-order valence-corrected chi connectivity index (χ4v) is 3.10. The number of rotatable bonds is 3. The minimum atomic E-state index is -1.06. The van der Waals surface area contributed by atoms with Crippen LogP contribution in [0.5, 0.6) is 11.5 Å². The summed E-state index contributed by atoms with van der Waals surface area (Å²) in [6.07, 6.45) is 2.84. The predicted molar refractivity (Wildman–Crippen MR) is 98.2 cm³/mol. The van der Waals surface area contributed by atoms with Crippen molar-refractivity contribution in [1.82, 2.24) is 0 Å². The first-order chi connectivity index (χ1) is 11.8. The van der Waals surface area contributed by atoms with Crippen molar-refractivity contribution in [1.29, 1.82) is 0 Å². The molecule has 1 aliphatic heterocycles. The van der Waals surface area contributed by atoms with Crippen LogP contribution in [0.3, 0.4) is 0 Å². The number of carboxylic acid groups (broad SMARTS) is 1. The monoisotopic (exact) mass is 338 g/mol. The number of allylic oxidation sites excluding steroid dienone is 1. The number of phenols is 1. The summed E-state index contributed by atoms with van der Waals surface area (Å²) in [7, 11) is 0. The summed E-state index contributed by atoms with van der Waals surface area (Å²) in [5.74, 6) is -0.165. The number of carboxylic acids is 1. The second-order valence-corrected chi connectivity index (χ2v) is 7.10. The fraction of sp³-hybridized carbons (Fsp3) is 0.286. The molecule has 4 nitrogen and oxygen atoms in total. The Labute approximate surface area is 147 Å². The van der Waals surface area contributed by atoms with Crippen LogP contribution in [-0.4, -0.2) is 22.8 Å². The van der Waals surface area contributed by atoms with Gasteiger partial charge in [-0.05, 0) is 60.2 Å². The Bertz CT molecular complexity index is 862. The highest BCUT2D eigenvalue weighted by Crippen LogP contribution is 2.40. The van der Waals surface area contributed by atoms with E-state index in [1.807, 2.05) is 25.1 Å². The molecule has 0 amide bonds. The lowest BCUT2D eigenvalue weighted by Gasteiger charge is -2.32. The molecule has 2 aromatic rings. The maximum Gasteiger partial charge on any atom is 0.335 e. The Morgan fingerprint density at radius 1 is 1.16 bits per heavy atom. The van der Waals surface area contributed by atoms with Crippen LogP contribution < -0.4 is 4.74 Å². The molecule has 0 saturated carbocycles. The summed E-state index contributed by atoms with van der Waals surface area (Å²) in [5.41, 5.74) is 3.96. The number of hydrogen-bond donors (Lipinski definition) is 2. The largest absolute Gasteiger partial charge is 0.507 e. The molecule has 0 unspecified atom stereocenters. The zero-order chi connectivity index (χ0) is 18.2. The molecule has 2 aromatic carbocycles. The van der Waals surface area contributed by atoms with Crippen LogP contribution in [0.1, 0.15) is 54.2 Å². The number of fused-ring (bicyclic) bond motifs is 1. The molecule has 1 heterocycles. The molecule has 3 rings (SSSR count). The SMILES string of the molecule is C/C(=C\c1ccc(C(=O)O)cc1O)c1ccc2c(c1)C(C)(C)CCO2. The zero-order valence-corrected chi connectivity index (χ0v) is 14.7. The topological polar surface area (TPSA) is 66.8 Å². The van der Waals surface area contributed by atoms with E-state index < -0.39 is 5.97 Å². The Morgan fingerprint density at radius 2 is 1.88 bits per heavy atom. The molecular weight excluding hydrogens is 316 g/mol. The smallest absolute Gasteiger partial charge is 0.335 e. The summed E-state index contributed by atoms with van der Waals surface area (Å²) in [4.78, 5) is 11.0. The van der Waals surface area contributed by atoms with Gasteiger partial charge in [0.2, 0.25) is 0 Å².